The lowest BCUT2D eigenvalue weighted by atomic mass is 10.1. The van der Waals surface area contributed by atoms with Crippen molar-refractivity contribution in [3.8, 4) is 0 Å². The highest BCUT2D eigenvalue weighted by Crippen LogP contribution is 2.31. The monoisotopic (exact) mass is 425 g/mol. The van der Waals surface area contributed by atoms with Gasteiger partial charge in [-0.3, -0.25) is 0 Å². The third-order valence-corrected chi connectivity index (χ3v) is 5.71. The number of halogens is 1. The summed E-state index contributed by atoms with van der Waals surface area (Å²) in [6.07, 6.45) is 0. The van der Waals surface area contributed by atoms with Gasteiger partial charge in [0.2, 0.25) is 0 Å². The first kappa shape index (κ1) is 20.0. The summed E-state index contributed by atoms with van der Waals surface area (Å²) in [5, 5.41) is 5.02. The van der Waals surface area contributed by atoms with Crippen molar-refractivity contribution in [2.75, 3.05) is 27.2 Å². The fourth-order valence-corrected chi connectivity index (χ4v) is 3.90. The Balaban J connectivity index is 1.85. The van der Waals surface area contributed by atoms with E-state index in [1.807, 2.05) is 32.3 Å². The second-order valence-electron chi connectivity index (χ2n) is 7.72. The zero-order valence-corrected chi connectivity index (χ0v) is 18.7. The lowest BCUT2D eigenvalue weighted by molar-refractivity contribution is 0.412. The van der Waals surface area contributed by atoms with Crippen molar-refractivity contribution in [3.63, 3.8) is 0 Å². The van der Waals surface area contributed by atoms with Gasteiger partial charge in [0.05, 0.1) is 28.1 Å². The second kappa shape index (κ2) is 7.86. The van der Waals surface area contributed by atoms with Gasteiger partial charge in [0.1, 0.15) is 5.52 Å². The van der Waals surface area contributed by atoms with Crippen molar-refractivity contribution in [1.29, 1.82) is 0 Å². The van der Waals surface area contributed by atoms with E-state index < -0.39 is 0 Å². The summed E-state index contributed by atoms with van der Waals surface area (Å²) in [5.74, 6) is 0. The minimum absolute atomic E-state index is 0.551. The molecule has 4 rings (SSSR count). The van der Waals surface area contributed by atoms with E-state index in [1.54, 1.807) is 0 Å². The number of rotatable bonds is 5. The van der Waals surface area contributed by atoms with Crippen LogP contribution in [0.2, 0.25) is 5.02 Å². The van der Waals surface area contributed by atoms with E-state index in [-0.39, 0.29) is 0 Å². The highest BCUT2D eigenvalue weighted by Gasteiger charge is 2.16. The van der Waals surface area contributed by atoms with Crippen LogP contribution in [0.4, 0.5) is 0 Å². The number of hydrogen-bond donors (Lipinski definition) is 1. The van der Waals surface area contributed by atoms with Gasteiger partial charge < -0.3 is 14.8 Å². The number of fused-ring (bicyclic) bond motifs is 4. The van der Waals surface area contributed by atoms with Gasteiger partial charge in [-0.05, 0) is 69.4 Å². The average Bonchev–Trinajstić information content (AvgIpc) is 2.93. The maximum Gasteiger partial charge on any atom is 0.160 e. The van der Waals surface area contributed by atoms with Crippen LogP contribution in [0.25, 0.3) is 33.1 Å². The van der Waals surface area contributed by atoms with Crippen LogP contribution in [0.5, 0.6) is 0 Å². The molecule has 5 nitrogen and oxygen atoms in total. The molecular formula is C22H24ClN5S. The van der Waals surface area contributed by atoms with Crippen molar-refractivity contribution in [2.45, 2.75) is 20.4 Å². The number of thiocarbonyl (C=S) groups is 1. The Morgan fingerprint density at radius 1 is 1.10 bits per heavy atom. The maximum absolute atomic E-state index is 6.30. The summed E-state index contributed by atoms with van der Waals surface area (Å²) >= 11 is 11.9. The molecule has 29 heavy (non-hydrogen) atoms. The van der Waals surface area contributed by atoms with Crippen molar-refractivity contribution >= 4 is 61.9 Å². The average molecular weight is 426 g/mol. The number of nitrogens with one attached hydrogen (secondary N) is 1. The molecule has 0 radical (unpaired) electrons. The van der Waals surface area contributed by atoms with Crippen molar-refractivity contribution < 1.29 is 0 Å². The molecule has 0 amide bonds. The molecule has 150 valence electrons. The molecule has 4 aromatic rings. The molecule has 0 unspecified atom stereocenters. The normalized spacial score (nSPS) is 11.8. The SMILES string of the molecule is Cc1cc2nc3c4cc(Cl)ccc4n(CC(=S)NCCN(C)C)c3nc2cc1C. The van der Waals surface area contributed by atoms with E-state index in [1.165, 1.54) is 11.1 Å². The fraction of sp³-hybridized carbons (Fsp3) is 0.318. The van der Waals surface area contributed by atoms with E-state index >= 15 is 0 Å². The van der Waals surface area contributed by atoms with Crippen LogP contribution in [0.1, 0.15) is 11.1 Å². The number of nitrogens with zero attached hydrogens (tertiary/aromatic N) is 4. The fourth-order valence-electron chi connectivity index (χ4n) is 3.50. The van der Waals surface area contributed by atoms with Crippen LogP contribution in [0.3, 0.4) is 0 Å². The van der Waals surface area contributed by atoms with Gasteiger partial charge in [0.25, 0.3) is 0 Å². The van der Waals surface area contributed by atoms with Gasteiger partial charge in [-0.1, -0.05) is 23.8 Å². The molecule has 2 aromatic heterocycles. The molecule has 0 aliphatic carbocycles. The molecule has 0 aliphatic rings. The van der Waals surface area contributed by atoms with Gasteiger partial charge in [0.15, 0.2) is 5.65 Å². The lowest BCUT2D eigenvalue weighted by Crippen LogP contribution is -2.32. The number of aromatic nitrogens is 3. The summed E-state index contributed by atoms with van der Waals surface area (Å²) in [6.45, 7) is 6.47. The summed E-state index contributed by atoms with van der Waals surface area (Å²) in [7, 11) is 4.09. The molecule has 2 aromatic carbocycles. The topological polar surface area (TPSA) is 46.0 Å². The predicted octanol–water partition coefficient (Wildman–Crippen LogP) is 4.49. The van der Waals surface area contributed by atoms with E-state index in [9.17, 15) is 0 Å². The zero-order chi connectivity index (χ0) is 20.7. The van der Waals surface area contributed by atoms with E-state index in [4.69, 9.17) is 33.8 Å². The molecule has 0 atom stereocenters. The third kappa shape index (κ3) is 3.92. The van der Waals surface area contributed by atoms with Crippen molar-refractivity contribution in [2.24, 2.45) is 0 Å². The number of likely N-dealkylation sites (N-methyl/N-ethyl adjacent to an activating group) is 1. The third-order valence-electron chi connectivity index (χ3n) is 5.20. The summed E-state index contributed by atoms with van der Waals surface area (Å²) in [5.41, 5.74) is 6.92. The number of aryl methyl sites for hydroxylation is 2. The number of hydrogen-bond acceptors (Lipinski definition) is 4. The minimum Gasteiger partial charge on any atom is -0.377 e. The van der Waals surface area contributed by atoms with Crippen molar-refractivity contribution in [1.82, 2.24) is 24.8 Å². The molecule has 0 fully saturated rings. The van der Waals surface area contributed by atoms with Gasteiger partial charge in [-0.25, -0.2) is 9.97 Å². The Kier molecular flexibility index (Phi) is 5.42. The Hall–Kier alpha value is -2.28. The zero-order valence-electron chi connectivity index (χ0n) is 17.1. The van der Waals surface area contributed by atoms with E-state index in [0.717, 1.165) is 51.2 Å². The van der Waals surface area contributed by atoms with Gasteiger partial charge in [-0.15, -0.1) is 0 Å². The van der Waals surface area contributed by atoms with Gasteiger partial charge >= 0.3 is 0 Å². The first-order chi connectivity index (χ1) is 13.8. The van der Waals surface area contributed by atoms with Crippen LogP contribution < -0.4 is 5.32 Å². The first-order valence-electron chi connectivity index (χ1n) is 9.61. The molecule has 2 heterocycles. The van der Waals surface area contributed by atoms with Crippen LogP contribution in [0.15, 0.2) is 30.3 Å². The quantitative estimate of drug-likeness (QED) is 0.477. The molecule has 0 bridgehead atoms. The Bertz CT molecular complexity index is 1240. The molecule has 1 N–H and O–H groups in total. The first-order valence-corrected chi connectivity index (χ1v) is 10.4. The Labute approximate surface area is 180 Å². The smallest absolute Gasteiger partial charge is 0.160 e. The highest BCUT2D eigenvalue weighted by atomic mass is 35.5. The molecule has 0 aliphatic heterocycles. The van der Waals surface area contributed by atoms with Crippen LogP contribution in [-0.2, 0) is 6.54 Å². The Morgan fingerprint density at radius 3 is 2.48 bits per heavy atom. The molecule has 0 saturated heterocycles. The van der Waals surface area contributed by atoms with Crippen LogP contribution in [0, 0.1) is 13.8 Å². The number of benzene rings is 2. The standard InChI is InChI=1S/C22H24ClN5S/c1-13-9-17-18(10-14(13)2)26-22-21(25-17)16-11-15(23)5-6-19(16)28(22)12-20(29)24-7-8-27(3)4/h5-6,9-11H,7-8,12H2,1-4H3,(H,24,29). The second-order valence-corrected chi connectivity index (χ2v) is 8.65. The predicted molar refractivity (Wildman–Crippen MR) is 126 cm³/mol. The van der Waals surface area contributed by atoms with Crippen molar-refractivity contribution in [3.05, 3.63) is 46.5 Å². The summed E-state index contributed by atoms with van der Waals surface area (Å²) < 4.78 is 2.13. The molecule has 0 saturated carbocycles. The van der Waals surface area contributed by atoms with E-state index in [0.29, 0.717) is 11.6 Å². The van der Waals surface area contributed by atoms with Gasteiger partial charge in [0, 0.05) is 23.5 Å². The highest BCUT2D eigenvalue weighted by molar-refractivity contribution is 7.80. The lowest BCUT2D eigenvalue weighted by Gasteiger charge is -2.13. The van der Waals surface area contributed by atoms with Crippen LogP contribution in [-0.4, -0.2) is 51.6 Å². The summed E-state index contributed by atoms with van der Waals surface area (Å²) in [4.78, 5) is 12.8. The Morgan fingerprint density at radius 2 is 1.79 bits per heavy atom. The van der Waals surface area contributed by atoms with Gasteiger partial charge in [-0.2, -0.15) is 0 Å². The largest absolute Gasteiger partial charge is 0.377 e. The minimum atomic E-state index is 0.551. The molecular weight excluding hydrogens is 402 g/mol. The van der Waals surface area contributed by atoms with E-state index in [2.05, 4.69) is 40.8 Å². The molecule has 7 heteroatoms. The van der Waals surface area contributed by atoms with Crippen LogP contribution >= 0.6 is 23.8 Å². The summed E-state index contributed by atoms with van der Waals surface area (Å²) in [6, 6.07) is 10.1. The maximum atomic E-state index is 6.30. The molecule has 0 spiro atoms.